The van der Waals surface area contributed by atoms with E-state index in [1.54, 1.807) is 0 Å². The number of nitrogens with one attached hydrogen (secondary N) is 1. The summed E-state index contributed by atoms with van der Waals surface area (Å²) in [5.41, 5.74) is 6.23. The molecule has 0 aromatic heterocycles. The van der Waals surface area contributed by atoms with Crippen molar-refractivity contribution in [2.75, 3.05) is 0 Å². The number of hydrogen-bond donors (Lipinski definition) is 1. The molecule has 0 aromatic carbocycles. The second-order valence-corrected chi connectivity index (χ2v) is 4.84. The molecule has 0 unspecified atom stereocenters. The van der Waals surface area contributed by atoms with Crippen LogP contribution in [0, 0.1) is 16.7 Å². The van der Waals surface area contributed by atoms with Crippen molar-refractivity contribution in [1.29, 1.82) is 0 Å². The largest absolute Gasteiger partial charge is 0.392 e. The fourth-order valence-electron chi connectivity index (χ4n) is 2.81. The smallest absolute Gasteiger partial charge is 0.242 e. The third kappa shape index (κ3) is 0.891. The van der Waals surface area contributed by atoms with E-state index in [9.17, 15) is 9.90 Å². The third-order valence-corrected chi connectivity index (χ3v) is 3.16. The summed E-state index contributed by atoms with van der Waals surface area (Å²) in [5, 5.41) is 9.69. The lowest BCUT2D eigenvalue weighted by molar-refractivity contribution is -0.210. The van der Waals surface area contributed by atoms with Gasteiger partial charge in [-0.1, -0.05) is 27.7 Å². The molecule has 12 heavy (non-hydrogen) atoms. The fraction of sp³-hybridized carbons (Fsp3) is 0.889. The lowest BCUT2D eigenvalue weighted by atomic mass is 9.45. The van der Waals surface area contributed by atoms with Gasteiger partial charge in [-0.25, -0.2) is 0 Å². The number of rotatable bonds is 1. The second kappa shape index (κ2) is 2.22. The van der Waals surface area contributed by atoms with Crippen molar-refractivity contribution in [3.8, 4) is 0 Å². The van der Waals surface area contributed by atoms with Gasteiger partial charge < -0.3 is 5.11 Å². The Morgan fingerprint density at radius 3 is 1.75 bits per heavy atom. The Kier molecular flexibility index (Phi) is 1.76. The van der Waals surface area contributed by atoms with Gasteiger partial charge in [-0.05, 0) is 0 Å². The summed E-state index contributed by atoms with van der Waals surface area (Å²) >= 11 is 0. The Morgan fingerprint density at radius 1 is 1.25 bits per heavy atom. The lowest BCUT2D eigenvalue weighted by Gasteiger charge is -2.60. The molecule has 1 aliphatic rings. The van der Waals surface area contributed by atoms with Crippen LogP contribution in [0.2, 0.25) is 0 Å². The highest BCUT2D eigenvalue weighted by atomic mass is 16.3. The highest BCUT2D eigenvalue weighted by Gasteiger charge is 2.63. The summed E-state index contributed by atoms with van der Waals surface area (Å²) in [4.78, 5) is 11.0. The SMILES string of the molecule is CC1(C)C(O)C(C)(C)C1C([NH])=O. The molecule has 0 aliphatic heterocycles. The number of amides is 1. The maximum atomic E-state index is 11.0. The molecule has 0 spiro atoms. The molecule has 69 valence electrons. The minimum absolute atomic E-state index is 0.333. The Hall–Kier alpha value is -0.570. The van der Waals surface area contributed by atoms with Gasteiger partial charge in [0.2, 0.25) is 5.91 Å². The Morgan fingerprint density at radius 2 is 1.58 bits per heavy atom. The van der Waals surface area contributed by atoms with Crippen LogP contribution in [-0.4, -0.2) is 17.1 Å². The number of hydrogen-bond acceptors (Lipinski definition) is 2. The molecule has 1 saturated carbocycles. The van der Waals surface area contributed by atoms with Crippen LogP contribution in [0.25, 0.3) is 0 Å². The van der Waals surface area contributed by atoms with Crippen LogP contribution in [-0.2, 0) is 4.79 Å². The topological polar surface area (TPSA) is 61.1 Å². The first-order chi connectivity index (χ1) is 5.22. The monoisotopic (exact) mass is 170 g/mol. The predicted molar refractivity (Wildman–Crippen MR) is 45.2 cm³/mol. The number of carbonyl (C=O) groups is 1. The molecular formula is C9H16NO2. The zero-order valence-electron chi connectivity index (χ0n) is 8.01. The molecule has 0 heterocycles. The third-order valence-electron chi connectivity index (χ3n) is 3.16. The van der Waals surface area contributed by atoms with Gasteiger partial charge in [0.1, 0.15) is 0 Å². The Bertz CT molecular complexity index is 205. The van der Waals surface area contributed by atoms with Gasteiger partial charge in [-0.3, -0.25) is 10.5 Å². The van der Waals surface area contributed by atoms with Gasteiger partial charge in [0, 0.05) is 10.8 Å². The number of aliphatic hydroxyl groups is 1. The Labute approximate surface area is 72.9 Å². The van der Waals surface area contributed by atoms with Crippen LogP contribution in [0.3, 0.4) is 0 Å². The van der Waals surface area contributed by atoms with Gasteiger partial charge >= 0.3 is 0 Å². The summed E-state index contributed by atoms with van der Waals surface area (Å²) in [7, 11) is 0. The normalized spacial score (nSPS) is 37.1. The molecule has 1 radical (unpaired) electrons. The maximum Gasteiger partial charge on any atom is 0.242 e. The van der Waals surface area contributed by atoms with Gasteiger partial charge in [0.05, 0.1) is 12.0 Å². The van der Waals surface area contributed by atoms with E-state index in [0.29, 0.717) is 0 Å². The van der Waals surface area contributed by atoms with Crippen molar-refractivity contribution in [1.82, 2.24) is 5.73 Å². The summed E-state index contributed by atoms with van der Waals surface area (Å²) in [6, 6.07) is 0. The number of aliphatic hydroxyl groups excluding tert-OH is 1. The van der Waals surface area contributed by atoms with Crippen LogP contribution in [0.5, 0.6) is 0 Å². The van der Waals surface area contributed by atoms with Gasteiger partial charge in [-0.15, -0.1) is 0 Å². The maximum absolute atomic E-state index is 11.0. The molecule has 3 nitrogen and oxygen atoms in total. The summed E-state index contributed by atoms with van der Waals surface area (Å²) < 4.78 is 0. The van der Waals surface area contributed by atoms with E-state index < -0.39 is 22.8 Å². The molecule has 2 N–H and O–H groups in total. The van der Waals surface area contributed by atoms with Gasteiger partial charge in [0.15, 0.2) is 0 Å². The highest BCUT2D eigenvalue weighted by Crippen LogP contribution is 2.58. The second-order valence-electron chi connectivity index (χ2n) is 4.84. The lowest BCUT2D eigenvalue weighted by Crippen LogP contribution is -2.66. The van der Waals surface area contributed by atoms with Crippen molar-refractivity contribution in [2.24, 2.45) is 16.7 Å². The van der Waals surface area contributed by atoms with Crippen molar-refractivity contribution >= 4 is 5.91 Å². The summed E-state index contributed by atoms with van der Waals surface area (Å²) in [6.45, 7) is 7.33. The molecule has 1 aliphatic carbocycles. The van der Waals surface area contributed by atoms with Crippen LogP contribution < -0.4 is 5.73 Å². The van der Waals surface area contributed by atoms with Crippen molar-refractivity contribution in [3.63, 3.8) is 0 Å². The summed E-state index contributed by atoms with van der Waals surface area (Å²) in [6.07, 6.45) is -0.482. The van der Waals surface area contributed by atoms with E-state index in [4.69, 9.17) is 5.73 Å². The van der Waals surface area contributed by atoms with E-state index in [0.717, 1.165) is 0 Å². The van der Waals surface area contributed by atoms with E-state index in [-0.39, 0.29) is 5.92 Å². The van der Waals surface area contributed by atoms with Crippen LogP contribution in [0.15, 0.2) is 0 Å². The molecule has 1 rings (SSSR count). The van der Waals surface area contributed by atoms with Crippen molar-refractivity contribution in [3.05, 3.63) is 0 Å². The predicted octanol–water partition coefficient (Wildman–Crippen LogP) is 0.839. The molecule has 1 amide bonds. The Balaban J connectivity index is 2.94. The minimum Gasteiger partial charge on any atom is -0.392 e. The highest BCUT2D eigenvalue weighted by molar-refractivity contribution is 5.79. The minimum atomic E-state index is -0.560. The van der Waals surface area contributed by atoms with Crippen molar-refractivity contribution < 1.29 is 9.90 Å². The van der Waals surface area contributed by atoms with E-state index in [1.165, 1.54) is 0 Å². The molecule has 3 heteroatoms. The molecule has 0 atom stereocenters. The molecule has 0 saturated heterocycles. The van der Waals surface area contributed by atoms with Crippen LogP contribution in [0.1, 0.15) is 27.7 Å². The standard InChI is InChI=1S/C9H16NO2/c1-8(2)5(6(10)11)9(3,4)7(8)12/h5,7,10,12H,1-4H3. The average molecular weight is 170 g/mol. The van der Waals surface area contributed by atoms with Gasteiger partial charge in [-0.2, -0.15) is 0 Å². The summed E-state index contributed by atoms with van der Waals surface area (Å²) in [5.74, 6) is -0.893. The average Bonchev–Trinajstić information content (AvgIpc) is 1.83. The van der Waals surface area contributed by atoms with Crippen LogP contribution >= 0.6 is 0 Å². The molecular weight excluding hydrogens is 154 g/mol. The first kappa shape index (κ1) is 9.52. The molecule has 1 fully saturated rings. The van der Waals surface area contributed by atoms with Crippen molar-refractivity contribution in [2.45, 2.75) is 33.8 Å². The number of carbonyl (C=O) groups excluding carboxylic acids is 1. The van der Waals surface area contributed by atoms with Crippen LogP contribution in [0.4, 0.5) is 0 Å². The molecule has 0 bridgehead atoms. The molecule has 0 aromatic rings. The van der Waals surface area contributed by atoms with E-state index >= 15 is 0 Å². The van der Waals surface area contributed by atoms with E-state index in [1.807, 2.05) is 27.7 Å². The van der Waals surface area contributed by atoms with Gasteiger partial charge in [0.25, 0.3) is 0 Å². The van der Waals surface area contributed by atoms with E-state index in [2.05, 4.69) is 0 Å². The zero-order chi connectivity index (χ0) is 9.73. The quantitative estimate of drug-likeness (QED) is 0.633. The fourth-order valence-corrected chi connectivity index (χ4v) is 2.81. The first-order valence-electron chi connectivity index (χ1n) is 4.16. The first-order valence-corrected chi connectivity index (χ1v) is 4.16. The zero-order valence-corrected chi connectivity index (χ0v) is 8.01.